The Kier molecular flexibility index (Phi) is 6.88. The van der Waals surface area contributed by atoms with E-state index in [1.807, 2.05) is 0 Å². The zero-order chi connectivity index (χ0) is 22.4. The Morgan fingerprint density at radius 3 is 2.55 bits per heavy atom. The lowest BCUT2D eigenvalue weighted by molar-refractivity contribution is -0.113. The second-order valence-corrected chi connectivity index (χ2v) is 7.09. The van der Waals surface area contributed by atoms with Gasteiger partial charge in [-0.1, -0.05) is 23.9 Å². The molecular formula is C20H18FN5O4S. The molecule has 0 atom stereocenters. The third kappa shape index (κ3) is 5.60. The molecule has 2 amide bonds. The molecule has 0 unspecified atom stereocenters. The highest BCUT2D eigenvalue weighted by Gasteiger charge is 2.15. The fourth-order valence-electron chi connectivity index (χ4n) is 2.51. The van der Waals surface area contributed by atoms with Gasteiger partial charge in [0.25, 0.3) is 11.5 Å². The first kappa shape index (κ1) is 21.8. The van der Waals surface area contributed by atoms with Gasteiger partial charge in [0.1, 0.15) is 17.3 Å². The van der Waals surface area contributed by atoms with Crippen LogP contribution in [0.4, 0.5) is 21.6 Å². The Labute approximate surface area is 180 Å². The van der Waals surface area contributed by atoms with Crippen LogP contribution in [0.2, 0.25) is 0 Å². The van der Waals surface area contributed by atoms with Gasteiger partial charge < -0.3 is 21.1 Å². The highest BCUT2D eigenvalue weighted by Crippen LogP contribution is 2.24. The number of halogens is 1. The van der Waals surface area contributed by atoms with E-state index in [1.54, 1.807) is 24.3 Å². The number of rotatable bonds is 7. The fourth-order valence-corrected chi connectivity index (χ4v) is 3.18. The van der Waals surface area contributed by atoms with Gasteiger partial charge >= 0.3 is 0 Å². The molecule has 3 rings (SSSR count). The quantitative estimate of drug-likeness (QED) is 0.325. The summed E-state index contributed by atoms with van der Waals surface area (Å²) in [5, 5.41) is 5.17. The minimum atomic E-state index is -0.685. The first-order valence-electron chi connectivity index (χ1n) is 8.89. The Balaban J connectivity index is 1.64. The molecule has 5 N–H and O–H groups in total. The van der Waals surface area contributed by atoms with E-state index in [4.69, 9.17) is 10.5 Å². The number of methoxy groups -OCH3 is 1. The predicted octanol–water partition coefficient (Wildman–Crippen LogP) is 2.48. The molecule has 0 fully saturated rings. The van der Waals surface area contributed by atoms with Gasteiger partial charge in [-0.25, -0.2) is 9.37 Å². The Bertz CT molecular complexity index is 1170. The summed E-state index contributed by atoms with van der Waals surface area (Å²) in [7, 11) is 1.49. The third-order valence-corrected chi connectivity index (χ3v) is 4.86. The summed E-state index contributed by atoms with van der Waals surface area (Å²) in [6, 6.07) is 11.7. The van der Waals surface area contributed by atoms with E-state index in [9.17, 15) is 18.8 Å². The number of hydrogen-bond acceptors (Lipinski definition) is 7. The molecule has 0 radical (unpaired) electrons. The van der Waals surface area contributed by atoms with E-state index < -0.39 is 17.3 Å². The number of amides is 2. The van der Waals surface area contributed by atoms with Crippen molar-refractivity contribution in [2.24, 2.45) is 0 Å². The summed E-state index contributed by atoms with van der Waals surface area (Å²) >= 11 is 0.961. The standard InChI is InChI=1S/C20H18FN5O4S/c1-30-14-5-3-2-4-13(14)23-15(27)10-31-20-25-17(22)16(19(29)26-20)24-18(28)11-6-8-12(21)9-7-11/h2-9H,10H2,1H3,(H,23,27)(H,24,28)(H3,22,25,26,29). The average molecular weight is 443 g/mol. The number of para-hydroxylation sites is 2. The van der Waals surface area contributed by atoms with Crippen LogP contribution in [-0.2, 0) is 4.79 Å². The molecule has 0 spiro atoms. The van der Waals surface area contributed by atoms with Crippen LogP contribution < -0.4 is 26.7 Å². The Hall–Kier alpha value is -3.86. The number of benzene rings is 2. The SMILES string of the molecule is COc1ccccc1NC(=O)CSc1nc(N)c(NC(=O)c2ccc(F)cc2)c(=O)[nH]1. The van der Waals surface area contributed by atoms with Gasteiger partial charge in [-0.3, -0.25) is 19.4 Å². The first-order chi connectivity index (χ1) is 14.9. The van der Waals surface area contributed by atoms with E-state index >= 15 is 0 Å². The van der Waals surface area contributed by atoms with Crippen molar-refractivity contribution in [3.63, 3.8) is 0 Å². The van der Waals surface area contributed by atoms with Crippen LogP contribution in [0.25, 0.3) is 0 Å². The van der Waals surface area contributed by atoms with Gasteiger partial charge in [-0.05, 0) is 36.4 Å². The smallest absolute Gasteiger partial charge is 0.277 e. The van der Waals surface area contributed by atoms with Crippen molar-refractivity contribution in [1.82, 2.24) is 9.97 Å². The largest absolute Gasteiger partial charge is 0.495 e. The molecule has 160 valence electrons. The summed E-state index contributed by atoms with van der Waals surface area (Å²) in [6.07, 6.45) is 0. The van der Waals surface area contributed by atoms with Gasteiger partial charge in [0.05, 0.1) is 18.6 Å². The topological polar surface area (TPSA) is 139 Å². The Morgan fingerprint density at radius 2 is 1.87 bits per heavy atom. The molecule has 9 nitrogen and oxygen atoms in total. The molecule has 31 heavy (non-hydrogen) atoms. The predicted molar refractivity (Wildman–Crippen MR) is 116 cm³/mol. The minimum Gasteiger partial charge on any atom is -0.495 e. The highest BCUT2D eigenvalue weighted by atomic mass is 32.2. The molecule has 1 heterocycles. The number of aromatic amines is 1. The maximum absolute atomic E-state index is 13.0. The number of ether oxygens (including phenoxy) is 1. The first-order valence-corrected chi connectivity index (χ1v) is 9.88. The lowest BCUT2D eigenvalue weighted by Crippen LogP contribution is -2.23. The summed E-state index contributed by atoms with van der Waals surface area (Å²) in [4.78, 5) is 43.2. The van der Waals surface area contributed by atoms with Crippen molar-refractivity contribution in [2.45, 2.75) is 5.16 Å². The number of nitrogens with two attached hydrogens (primary N) is 1. The number of nitrogens with zero attached hydrogens (tertiary/aromatic N) is 1. The van der Waals surface area contributed by atoms with E-state index in [2.05, 4.69) is 20.6 Å². The number of H-pyrrole nitrogens is 1. The van der Waals surface area contributed by atoms with Crippen molar-refractivity contribution in [1.29, 1.82) is 0 Å². The lowest BCUT2D eigenvalue weighted by atomic mass is 10.2. The number of hydrogen-bond donors (Lipinski definition) is 4. The molecule has 0 aliphatic heterocycles. The van der Waals surface area contributed by atoms with Crippen molar-refractivity contribution in [2.75, 3.05) is 29.2 Å². The van der Waals surface area contributed by atoms with E-state index in [0.29, 0.717) is 11.4 Å². The van der Waals surface area contributed by atoms with Crippen LogP contribution in [0.5, 0.6) is 5.75 Å². The zero-order valence-electron chi connectivity index (χ0n) is 16.3. The molecule has 11 heteroatoms. The van der Waals surface area contributed by atoms with Gasteiger partial charge in [0, 0.05) is 5.56 Å². The number of carbonyl (C=O) groups excluding carboxylic acids is 2. The molecule has 1 aromatic heterocycles. The molecule has 0 saturated heterocycles. The molecule has 3 aromatic rings. The number of thioether (sulfide) groups is 1. The van der Waals surface area contributed by atoms with Crippen LogP contribution in [0.3, 0.4) is 0 Å². The number of aromatic nitrogens is 2. The van der Waals surface area contributed by atoms with E-state index in [-0.39, 0.29) is 33.9 Å². The van der Waals surface area contributed by atoms with Crippen molar-refractivity contribution < 1.29 is 18.7 Å². The molecule has 2 aromatic carbocycles. The van der Waals surface area contributed by atoms with Crippen LogP contribution >= 0.6 is 11.8 Å². The molecule has 0 aliphatic carbocycles. The number of carbonyl (C=O) groups is 2. The Morgan fingerprint density at radius 1 is 1.16 bits per heavy atom. The summed E-state index contributed by atoms with van der Waals surface area (Å²) < 4.78 is 18.2. The van der Waals surface area contributed by atoms with Crippen LogP contribution in [0.15, 0.2) is 58.5 Å². The zero-order valence-corrected chi connectivity index (χ0v) is 17.1. The summed E-state index contributed by atoms with van der Waals surface area (Å²) in [5.74, 6) is -1.24. The van der Waals surface area contributed by atoms with Crippen LogP contribution in [0.1, 0.15) is 10.4 Å². The van der Waals surface area contributed by atoms with E-state index in [0.717, 1.165) is 23.9 Å². The molecule has 0 bridgehead atoms. The maximum Gasteiger partial charge on any atom is 0.277 e. The molecule has 0 saturated carbocycles. The lowest BCUT2D eigenvalue weighted by Gasteiger charge is -2.10. The van der Waals surface area contributed by atoms with Gasteiger partial charge in [0.15, 0.2) is 11.0 Å². The summed E-state index contributed by atoms with van der Waals surface area (Å²) in [5.41, 5.74) is 5.54. The second kappa shape index (κ2) is 9.76. The second-order valence-electron chi connectivity index (χ2n) is 6.13. The maximum atomic E-state index is 13.0. The molecular weight excluding hydrogens is 425 g/mol. The third-order valence-electron chi connectivity index (χ3n) is 3.99. The van der Waals surface area contributed by atoms with Crippen molar-refractivity contribution in [3.05, 3.63) is 70.3 Å². The van der Waals surface area contributed by atoms with Crippen molar-refractivity contribution >= 4 is 40.8 Å². The van der Waals surface area contributed by atoms with Crippen LogP contribution in [-0.4, -0.2) is 34.6 Å². The normalized spacial score (nSPS) is 10.4. The fraction of sp³-hybridized carbons (Fsp3) is 0.100. The van der Waals surface area contributed by atoms with Crippen molar-refractivity contribution in [3.8, 4) is 5.75 Å². The number of nitrogen functional groups attached to an aromatic ring is 1. The van der Waals surface area contributed by atoms with Crippen LogP contribution in [0, 0.1) is 5.82 Å². The highest BCUT2D eigenvalue weighted by molar-refractivity contribution is 7.99. The van der Waals surface area contributed by atoms with Gasteiger partial charge in [-0.15, -0.1) is 0 Å². The monoisotopic (exact) mass is 443 g/mol. The van der Waals surface area contributed by atoms with E-state index in [1.165, 1.54) is 19.2 Å². The number of nitrogens with one attached hydrogen (secondary N) is 3. The molecule has 0 aliphatic rings. The minimum absolute atomic E-state index is 0.0539. The number of anilines is 3. The average Bonchev–Trinajstić information content (AvgIpc) is 2.75. The van der Waals surface area contributed by atoms with Gasteiger partial charge in [0.2, 0.25) is 5.91 Å². The summed E-state index contributed by atoms with van der Waals surface area (Å²) in [6.45, 7) is 0. The van der Waals surface area contributed by atoms with Gasteiger partial charge in [-0.2, -0.15) is 0 Å².